The van der Waals surface area contributed by atoms with Crippen LogP contribution in [-0.4, -0.2) is 29.0 Å². The van der Waals surface area contributed by atoms with Gasteiger partial charge < -0.3 is 15.2 Å². The van der Waals surface area contributed by atoms with Gasteiger partial charge >= 0.3 is 12.1 Å². The predicted molar refractivity (Wildman–Crippen MR) is 66.9 cm³/mol. The first-order valence-corrected chi connectivity index (χ1v) is 5.80. The van der Waals surface area contributed by atoms with Gasteiger partial charge in [-0.2, -0.15) is 0 Å². The van der Waals surface area contributed by atoms with Gasteiger partial charge in [0, 0.05) is 12.8 Å². The zero-order chi connectivity index (χ0) is 14.3. The highest BCUT2D eigenvalue weighted by Gasteiger charge is 2.23. The fraction of sp³-hybridized carbons (Fsp3) is 0.308. The smallest absolute Gasteiger partial charge is 0.413 e. The number of nitrogens with one attached hydrogen (secondary N) is 1. The predicted octanol–water partition coefficient (Wildman–Crippen LogP) is 1.60. The molecule has 1 aromatic carbocycles. The second kappa shape index (κ2) is 7.15. The van der Waals surface area contributed by atoms with Gasteiger partial charge in [0.15, 0.2) is 0 Å². The van der Waals surface area contributed by atoms with E-state index in [2.05, 4.69) is 5.32 Å². The maximum Gasteiger partial charge on any atom is 0.413 e. The van der Waals surface area contributed by atoms with Crippen LogP contribution >= 0.6 is 0 Å². The van der Waals surface area contributed by atoms with E-state index in [9.17, 15) is 14.4 Å². The third-order valence-electron chi connectivity index (χ3n) is 2.37. The minimum atomic E-state index is -1.27. The van der Waals surface area contributed by atoms with Gasteiger partial charge in [0.1, 0.15) is 17.6 Å². The Morgan fingerprint density at radius 2 is 1.89 bits per heavy atom. The van der Waals surface area contributed by atoms with Gasteiger partial charge in [-0.25, -0.2) is 9.59 Å². The number of ether oxygens (including phenoxy) is 1. The molecule has 0 heterocycles. The highest BCUT2D eigenvalue weighted by molar-refractivity contribution is 5.88. The molecule has 0 aliphatic carbocycles. The van der Waals surface area contributed by atoms with Crippen LogP contribution in [0.25, 0.3) is 0 Å². The van der Waals surface area contributed by atoms with Crippen LogP contribution in [0.2, 0.25) is 0 Å². The number of amides is 1. The molecule has 0 spiro atoms. The van der Waals surface area contributed by atoms with E-state index < -0.39 is 18.1 Å². The summed E-state index contributed by atoms with van der Waals surface area (Å²) in [5, 5.41) is 11.1. The molecule has 0 aliphatic heterocycles. The van der Waals surface area contributed by atoms with Crippen LogP contribution in [0.4, 0.5) is 4.79 Å². The van der Waals surface area contributed by atoms with E-state index in [-0.39, 0.29) is 18.6 Å². The van der Waals surface area contributed by atoms with Crippen molar-refractivity contribution in [3.63, 3.8) is 0 Å². The lowest BCUT2D eigenvalue weighted by Crippen LogP contribution is -2.43. The highest BCUT2D eigenvalue weighted by Crippen LogP contribution is 2.08. The van der Waals surface area contributed by atoms with Crippen molar-refractivity contribution in [1.29, 1.82) is 0 Å². The molecular formula is C13H15NO5. The molecule has 6 nitrogen and oxygen atoms in total. The fourth-order valence-corrected chi connectivity index (χ4v) is 1.34. The van der Waals surface area contributed by atoms with Crippen molar-refractivity contribution in [3.8, 4) is 5.75 Å². The van der Waals surface area contributed by atoms with Crippen molar-refractivity contribution < 1.29 is 24.2 Å². The van der Waals surface area contributed by atoms with E-state index in [0.29, 0.717) is 5.75 Å². The fourth-order valence-electron chi connectivity index (χ4n) is 1.34. The van der Waals surface area contributed by atoms with Crippen molar-refractivity contribution in [2.24, 2.45) is 0 Å². The summed E-state index contributed by atoms with van der Waals surface area (Å²) >= 11 is 0. The Hall–Kier alpha value is -2.37. The molecule has 1 atom stereocenters. The number of rotatable bonds is 6. The molecule has 0 aliphatic rings. The average Bonchev–Trinajstić information content (AvgIpc) is 2.38. The van der Waals surface area contributed by atoms with Crippen molar-refractivity contribution >= 4 is 17.8 Å². The first-order valence-electron chi connectivity index (χ1n) is 5.80. The normalized spacial score (nSPS) is 11.4. The van der Waals surface area contributed by atoms with E-state index in [1.54, 1.807) is 37.3 Å². The molecule has 0 radical (unpaired) electrons. The van der Waals surface area contributed by atoms with Crippen molar-refractivity contribution in [2.75, 3.05) is 0 Å². The SMILES string of the molecule is CCC(=O)CC(NC(=O)Oc1ccccc1)C(=O)O. The Balaban J connectivity index is 2.57. The zero-order valence-electron chi connectivity index (χ0n) is 10.5. The van der Waals surface area contributed by atoms with Crippen LogP contribution in [-0.2, 0) is 9.59 Å². The number of carbonyl (C=O) groups excluding carboxylic acids is 2. The van der Waals surface area contributed by atoms with Crippen LogP contribution in [0, 0.1) is 0 Å². The molecule has 0 fully saturated rings. The summed E-state index contributed by atoms with van der Waals surface area (Å²) in [6.07, 6.45) is -0.933. The standard InChI is InChI=1S/C13H15NO5/c1-2-9(15)8-11(12(16)17)14-13(18)19-10-6-4-3-5-7-10/h3-7,11H,2,8H2,1H3,(H,14,18)(H,16,17). The molecular weight excluding hydrogens is 250 g/mol. The number of carboxylic acid groups (broad SMARTS) is 1. The first kappa shape index (κ1) is 14.7. The summed E-state index contributed by atoms with van der Waals surface area (Å²) < 4.78 is 4.89. The Labute approximate surface area is 110 Å². The van der Waals surface area contributed by atoms with Crippen LogP contribution in [0.3, 0.4) is 0 Å². The number of para-hydroxylation sites is 1. The lowest BCUT2D eigenvalue weighted by molar-refractivity contribution is -0.141. The van der Waals surface area contributed by atoms with E-state index >= 15 is 0 Å². The molecule has 0 saturated carbocycles. The van der Waals surface area contributed by atoms with Gasteiger partial charge in [-0.1, -0.05) is 25.1 Å². The average molecular weight is 265 g/mol. The second-order valence-electron chi connectivity index (χ2n) is 3.83. The number of hydrogen-bond acceptors (Lipinski definition) is 4. The Morgan fingerprint density at radius 3 is 2.42 bits per heavy atom. The maximum absolute atomic E-state index is 11.5. The highest BCUT2D eigenvalue weighted by atomic mass is 16.6. The molecule has 2 N–H and O–H groups in total. The maximum atomic E-state index is 11.5. The number of ketones is 1. The number of aliphatic carboxylic acids is 1. The molecule has 1 rings (SSSR count). The number of hydrogen-bond donors (Lipinski definition) is 2. The minimum absolute atomic E-state index is 0.221. The Bertz CT molecular complexity index is 457. The molecule has 6 heteroatoms. The van der Waals surface area contributed by atoms with Gasteiger partial charge in [0.05, 0.1) is 0 Å². The molecule has 102 valence electrons. The van der Waals surface area contributed by atoms with E-state index in [0.717, 1.165) is 0 Å². The minimum Gasteiger partial charge on any atom is -0.480 e. The van der Waals surface area contributed by atoms with Crippen LogP contribution < -0.4 is 10.1 Å². The molecule has 0 saturated heterocycles. The second-order valence-corrected chi connectivity index (χ2v) is 3.83. The molecule has 1 aromatic rings. The summed E-state index contributed by atoms with van der Waals surface area (Å²) in [6.45, 7) is 1.63. The van der Waals surface area contributed by atoms with Crippen molar-refractivity contribution in [2.45, 2.75) is 25.8 Å². The van der Waals surface area contributed by atoms with Gasteiger partial charge in [-0.3, -0.25) is 4.79 Å². The molecule has 19 heavy (non-hydrogen) atoms. The summed E-state index contributed by atoms with van der Waals surface area (Å²) in [5.41, 5.74) is 0. The largest absolute Gasteiger partial charge is 0.480 e. The van der Waals surface area contributed by atoms with Crippen LogP contribution in [0.15, 0.2) is 30.3 Å². The van der Waals surface area contributed by atoms with Crippen molar-refractivity contribution in [1.82, 2.24) is 5.32 Å². The van der Waals surface area contributed by atoms with Gasteiger partial charge in [-0.15, -0.1) is 0 Å². The third kappa shape index (κ3) is 5.20. The number of Topliss-reactive ketones (excluding diaryl/α,β-unsaturated/α-hetero) is 1. The molecule has 0 aromatic heterocycles. The third-order valence-corrected chi connectivity index (χ3v) is 2.37. The first-order chi connectivity index (χ1) is 9.02. The number of benzene rings is 1. The summed E-state index contributed by atoms with van der Waals surface area (Å²) in [4.78, 5) is 33.6. The monoisotopic (exact) mass is 265 g/mol. The summed E-state index contributed by atoms with van der Waals surface area (Å²) in [6, 6.07) is 6.96. The molecule has 1 amide bonds. The lowest BCUT2D eigenvalue weighted by Gasteiger charge is -2.13. The van der Waals surface area contributed by atoms with E-state index in [1.165, 1.54) is 0 Å². The van der Waals surface area contributed by atoms with E-state index in [1.807, 2.05) is 0 Å². The van der Waals surface area contributed by atoms with E-state index in [4.69, 9.17) is 9.84 Å². The topological polar surface area (TPSA) is 92.7 Å². The van der Waals surface area contributed by atoms with Crippen molar-refractivity contribution in [3.05, 3.63) is 30.3 Å². The zero-order valence-corrected chi connectivity index (χ0v) is 10.5. The molecule has 1 unspecified atom stereocenters. The quantitative estimate of drug-likeness (QED) is 0.814. The number of carboxylic acids is 1. The summed E-state index contributed by atoms with van der Waals surface area (Å²) in [7, 11) is 0. The van der Waals surface area contributed by atoms with Gasteiger partial charge in [0.2, 0.25) is 0 Å². The van der Waals surface area contributed by atoms with Crippen LogP contribution in [0.5, 0.6) is 5.75 Å². The summed E-state index contributed by atoms with van der Waals surface area (Å²) in [5.74, 6) is -1.22. The Kier molecular flexibility index (Phi) is 5.53. The lowest BCUT2D eigenvalue weighted by atomic mass is 10.1. The van der Waals surface area contributed by atoms with Crippen LogP contribution in [0.1, 0.15) is 19.8 Å². The number of carbonyl (C=O) groups is 3. The van der Waals surface area contributed by atoms with Gasteiger partial charge in [0.25, 0.3) is 0 Å². The molecule has 0 bridgehead atoms. The Morgan fingerprint density at radius 1 is 1.26 bits per heavy atom. The van der Waals surface area contributed by atoms with Gasteiger partial charge in [-0.05, 0) is 12.1 Å².